The highest BCUT2D eigenvalue weighted by Crippen LogP contribution is 2.22. The molecule has 0 spiro atoms. The van der Waals surface area contributed by atoms with Crippen LogP contribution < -0.4 is 5.32 Å². The number of hydrogen-bond donors (Lipinski definition) is 2. The van der Waals surface area contributed by atoms with Crippen molar-refractivity contribution in [1.82, 2.24) is 10.2 Å². The maximum atomic E-state index is 5.85. The number of aromatic amines is 1. The Morgan fingerprint density at radius 1 is 1.18 bits per heavy atom. The molecule has 1 aromatic carbocycles. The van der Waals surface area contributed by atoms with E-state index in [-0.39, 0.29) is 5.54 Å². The average Bonchev–Trinajstić information content (AvgIpc) is 2.64. The first kappa shape index (κ1) is 12.0. The summed E-state index contributed by atoms with van der Waals surface area (Å²) in [5.41, 5.74) is 2.06. The van der Waals surface area contributed by atoms with Crippen LogP contribution in [0.5, 0.6) is 0 Å². The Labute approximate surface area is 106 Å². The van der Waals surface area contributed by atoms with Crippen molar-refractivity contribution in [3.05, 3.63) is 35.4 Å². The summed E-state index contributed by atoms with van der Waals surface area (Å²) in [5, 5.41) is 11.3. The molecular weight excluding hydrogens is 234 g/mol. The number of nitrogens with zero attached hydrogens (tertiary/aromatic N) is 1. The molecule has 17 heavy (non-hydrogen) atoms. The summed E-state index contributed by atoms with van der Waals surface area (Å²) in [6.45, 7) is 6.30. The number of rotatable bonds is 2. The predicted molar refractivity (Wildman–Crippen MR) is 72.4 cm³/mol. The molecule has 3 nitrogen and oxygen atoms in total. The van der Waals surface area contributed by atoms with Crippen molar-refractivity contribution in [3.8, 4) is 11.3 Å². The fraction of sp³-hybridized carbons (Fsp3) is 0.308. The standard InChI is InChI=1S/C13H16ClN3/c1-13(2,3)15-12-8-11(16-17-12)9-4-6-10(14)7-5-9/h4-8H,1-3H3,(H2,15,16,17). The molecule has 2 N–H and O–H groups in total. The monoisotopic (exact) mass is 249 g/mol. The van der Waals surface area contributed by atoms with Crippen molar-refractivity contribution >= 4 is 17.4 Å². The van der Waals surface area contributed by atoms with E-state index < -0.39 is 0 Å². The van der Waals surface area contributed by atoms with Gasteiger partial charge in [-0.3, -0.25) is 5.10 Å². The summed E-state index contributed by atoms with van der Waals surface area (Å²) in [7, 11) is 0. The highest BCUT2D eigenvalue weighted by atomic mass is 35.5. The van der Waals surface area contributed by atoms with Crippen LogP contribution in [-0.2, 0) is 0 Å². The molecule has 2 aromatic rings. The SMILES string of the molecule is CC(C)(C)Nc1cc(-c2ccc(Cl)cc2)[nH]n1. The van der Waals surface area contributed by atoms with Gasteiger partial charge in [0.25, 0.3) is 0 Å². The first-order valence-corrected chi connectivity index (χ1v) is 5.91. The summed E-state index contributed by atoms with van der Waals surface area (Å²) in [5.74, 6) is 0.849. The van der Waals surface area contributed by atoms with E-state index in [1.807, 2.05) is 30.3 Å². The molecule has 0 radical (unpaired) electrons. The number of benzene rings is 1. The maximum Gasteiger partial charge on any atom is 0.148 e. The number of halogens is 1. The number of nitrogens with one attached hydrogen (secondary N) is 2. The van der Waals surface area contributed by atoms with E-state index in [9.17, 15) is 0 Å². The van der Waals surface area contributed by atoms with E-state index in [1.165, 1.54) is 0 Å². The second-order valence-electron chi connectivity index (χ2n) is 5.05. The minimum Gasteiger partial charge on any atom is -0.364 e. The zero-order valence-corrected chi connectivity index (χ0v) is 11.0. The molecule has 2 rings (SSSR count). The van der Waals surface area contributed by atoms with Gasteiger partial charge in [-0.2, -0.15) is 5.10 Å². The molecule has 0 unspecified atom stereocenters. The normalized spacial score (nSPS) is 11.5. The third-order valence-electron chi connectivity index (χ3n) is 2.24. The smallest absolute Gasteiger partial charge is 0.148 e. The Morgan fingerprint density at radius 3 is 2.41 bits per heavy atom. The van der Waals surface area contributed by atoms with E-state index >= 15 is 0 Å². The highest BCUT2D eigenvalue weighted by molar-refractivity contribution is 6.30. The average molecular weight is 250 g/mol. The summed E-state index contributed by atoms with van der Waals surface area (Å²) >= 11 is 5.85. The van der Waals surface area contributed by atoms with E-state index in [0.717, 1.165) is 22.1 Å². The first-order valence-electron chi connectivity index (χ1n) is 5.53. The van der Waals surface area contributed by atoms with Crippen molar-refractivity contribution < 1.29 is 0 Å². The molecule has 0 atom stereocenters. The molecule has 0 aliphatic heterocycles. The van der Waals surface area contributed by atoms with Crippen LogP contribution in [0.25, 0.3) is 11.3 Å². The Balaban J connectivity index is 2.21. The fourth-order valence-corrected chi connectivity index (χ4v) is 1.67. The lowest BCUT2D eigenvalue weighted by Gasteiger charge is -2.19. The zero-order valence-electron chi connectivity index (χ0n) is 10.2. The largest absolute Gasteiger partial charge is 0.364 e. The topological polar surface area (TPSA) is 40.7 Å². The molecule has 90 valence electrons. The summed E-state index contributed by atoms with van der Waals surface area (Å²) in [4.78, 5) is 0. The van der Waals surface area contributed by atoms with Gasteiger partial charge in [-0.25, -0.2) is 0 Å². The molecule has 0 aliphatic rings. The highest BCUT2D eigenvalue weighted by Gasteiger charge is 2.11. The van der Waals surface area contributed by atoms with Gasteiger partial charge in [0.2, 0.25) is 0 Å². The Morgan fingerprint density at radius 2 is 1.82 bits per heavy atom. The Kier molecular flexibility index (Phi) is 3.11. The van der Waals surface area contributed by atoms with Gasteiger partial charge in [0.1, 0.15) is 5.82 Å². The second-order valence-corrected chi connectivity index (χ2v) is 5.49. The lowest BCUT2D eigenvalue weighted by atomic mass is 10.1. The molecule has 1 aromatic heterocycles. The van der Waals surface area contributed by atoms with Crippen molar-refractivity contribution in [2.45, 2.75) is 26.3 Å². The predicted octanol–water partition coefficient (Wildman–Crippen LogP) is 3.94. The molecule has 0 saturated carbocycles. The van der Waals surface area contributed by atoms with Crippen LogP contribution in [0.3, 0.4) is 0 Å². The molecule has 0 aliphatic carbocycles. The van der Waals surface area contributed by atoms with Gasteiger partial charge >= 0.3 is 0 Å². The van der Waals surface area contributed by atoms with E-state index in [1.54, 1.807) is 0 Å². The number of H-pyrrole nitrogens is 1. The van der Waals surface area contributed by atoms with Gasteiger partial charge in [-0.15, -0.1) is 0 Å². The van der Waals surface area contributed by atoms with Gasteiger partial charge < -0.3 is 5.32 Å². The summed E-state index contributed by atoms with van der Waals surface area (Å²) < 4.78 is 0. The van der Waals surface area contributed by atoms with Gasteiger partial charge in [-0.05, 0) is 38.5 Å². The fourth-order valence-electron chi connectivity index (χ4n) is 1.55. The van der Waals surface area contributed by atoms with Crippen molar-refractivity contribution in [3.63, 3.8) is 0 Å². The van der Waals surface area contributed by atoms with Crippen LogP contribution in [0.2, 0.25) is 5.02 Å². The minimum absolute atomic E-state index is 0.00641. The number of anilines is 1. The summed E-state index contributed by atoms with van der Waals surface area (Å²) in [6, 6.07) is 9.67. The van der Waals surface area contributed by atoms with E-state index in [2.05, 4.69) is 36.3 Å². The van der Waals surface area contributed by atoms with E-state index in [4.69, 9.17) is 11.6 Å². The van der Waals surface area contributed by atoms with Gasteiger partial charge in [0.05, 0.1) is 5.69 Å². The molecule has 0 bridgehead atoms. The lowest BCUT2D eigenvalue weighted by Crippen LogP contribution is -2.26. The van der Waals surface area contributed by atoms with Crippen LogP contribution in [0.1, 0.15) is 20.8 Å². The van der Waals surface area contributed by atoms with Crippen LogP contribution in [0.4, 0.5) is 5.82 Å². The van der Waals surface area contributed by atoms with Crippen LogP contribution >= 0.6 is 11.6 Å². The molecule has 0 fully saturated rings. The summed E-state index contributed by atoms with van der Waals surface area (Å²) in [6.07, 6.45) is 0. The minimum atomic E-state index is 0.00641. The van der Waals surface area contributed by atoms with Crippen molar-refractivity contribution in [1.29, 1.82) is 0 Å². The molecule has 0 saturated heterocycles. The third kappa shape index (κ3) is 3.24. The Bertz CT molecular complexity index is 494. The second kappa shape index (κ2) is 4.41. The van der Waals surface area contributed by atoms with E-state index in [0.29, 0.717) is 0 Å². The molecule has 0 amide bonds. The molecule has 1 heterocycles. The third-order valence-corrected chi connectivity index (χ3v) is 2.49. The quantitative estimate of drug-likeness (QED) is 0.846. The van der Waals surface area contributed by atoms with Crippen LogP contribution in [-0.4, -0.2) is 15.7 Å². The molecule has 4 heteroatoms. The number of hydrogen-bond acceptors (Lipinski definition) is 2. The van der Waals surface area contributed by atoms with Gasteiger partial charge in [0, 0.05) is 16.6 Å². The zero-order chi connectivity index (χ0) is 12.5. The van der Waals surface area contributed by atoms with Crippen molar-refractivity contribution in [2.24, 2.45) is 0 Å². The number of aromatic nitrogens is 2. The van der Waals surface area contributed by atoms with Crippen molar-refractivity contribution in [2.75, 3.05) is 5.32 Å². The van der Waals surface area contributed by atoms with Gasteiger partial charge in [0.15, 0.2) is 0 Å². The molecular formula is C13H16ClN3. The van der Waals surface area contributed by atoms with Crippen LogP contribution in [0.15, 0.2) is 30.3 Å². The van der Waals surface area contributed by atoms with Crippen LogP contribution in [0, 0.1) is 0 Å². The van der Waals surface area contributed by atoms with Gasteiger partial charge in [-0.1, -0.05) is 23.7 Å². The first-order chi connectivity index (χ1) is 7.94. The Hall–Kier alpha value is -1.48. The maximum absolute atomic E-state index is 5.85. The lowest BCUT2D eigenvalue weighted by molar-refractivity contribution is 0.630.